The molecule has 2 nitrogen and oxygen atoms in total. The van der Waals surface area contributed by atoms with E-state index >= 15 is 0 Å². The van der Waals surface area contributed by atoms with Crippen LogP contribution >= 0.6 is 11.3 Å². The molecule has 3 heteroatoms. The third kappa shape index (κ3) is 2.65. The molecular formula is C14H20O2S. The lowest BCUT2D eigenvalue weighted by atomic mass is 9.87. The largest absolute Gasteiger partial charge is 0.294 e. The molecule has 1 unspecified atom stereocenters. The number of aryl methyl sites for hydroxylation is 2. The summed E-state index contributed by atoms with van der Waals surface area (Å²) in [5, 5.41) is 0. The third-order valence-corrected chi connectivity index (χ3v) is 4.29. The molecule has 0 amide bonds. The van der Waals surface area contributed by atoms with Gasteiger partial charge in [0.05, 0.1) is 0 Å². The molecule has 0 aliphatic carbocycles. The minimum Gasteiger partial charge on any atom is -0.294 e. The fourth-order valence-corrected chi connectivity index (χ4v) is 3.05. The average Bonchev–Trinajstić information content (AvgIpc) is 2.51. The van der Waals surface area contributed by atoms with Crippen LogP contribution in [0.4, 0.5) is 0 Å². The highest BCUT2D eigenvalue weighted by Crippen LogP contribution is 2.31. The number of hydrogen-bond donors (Lipinski definition) is 0. The first-order chi connectivity index (χ1) is 7.77. The second-order valence-electron chi connectivity index (χ2n) is 4.92. The van der Waals surface area contributed by atoms with Crippen molar-refractivity contribution in [1.29, 1.82) is 0 Å². The van der Waals surface area contributed by atoms with E-state index in [-0.39, 0.29) is 17.5 Å². The maximum Gasteiger partial charge on any atom is 0.167 e. The molecule has 0 aliphatic heterocycles. The van der Waals surface area contributed by atoms with Gasteiger partial charge >= 0.3 is 0 Å². The van der Waals surface area contributed by atoms with Crippen LogP contribution < -0.4 is 0 Å². The smallest absolute Gasteiger partial charge is 0.167 e. The molecule has 0 N–H and O–H groups in total. The lowest BCUT2D eigenvalue weighted by Gasteiger charge is -2.15. The number of hydrogen-bond acceptors (Lipinski definition) is 3. The van der Waals surface area contributed by atoms with E-state index < -0.39 is 0 Å². The fraction of sp³-hybridized carbons (Fsp3) is 0.571. The average molecular weight is 252 g/mol. The van der Waals surface area contributed by atoms with E-state index in [2.05, 4.69) is 0 Å². The molecule has 1 rings (SSSR count). The Kier molecular flexibility index (Phi) is 4.26. The number of rotatable bonds is 4. The maximum atomic E-state index is 12.4. The third-order valence-electron chi connectivity index (χ3n) is 3.27. The quantitative estimate of drug-likeness (QED) is 0.758. The Labute approximate surface area is 107 Å². The summed E-state index contributed by atoms with van der Waals surface area (Å²) in [4.78, 5) is 26.0. The molecule has 0 bridgehead atoms. The molecule has 1 atom stereocenters. The Morgan fingerprint density at radius 3 is 1.88 bits per heavy atom. The van der Waals surface area contributed by atoms with Crippen molar-refractivity contribution in [3.63, 3.8) is 0 Å². The fourth-order valence-electron chi connectivity index (χ4n) is 1.93. The zero-order valence-electron chi connectivity index (χ0n) is 11.4. The van der Waals surface area contributed by atoms with E-state index in [1.54, 1.807) is 0 Å². The van der Waals surface area contributed by atoms with Crippen LogP contribution in [-0.4, -0.2) is 11.6 Å². The van der Waals surface area contributed by atoms with E-state index in [0.717, 1.165) is 9.75 Å². The zero-order chi connectivity index (χ0) is 13.3. The first-order valence-electron chi connectivity index (χ1n) is 5.92. The SMILES string of the molecule is CC(=O)c1c(C)sc(C)c1C(=O)C(C)C(C)C. The Hall–Kier alpha value is -0.960. The normalized spacial score (nSPS) is 12.9. The molecular weight excluding hydrogens is 232 g/mol. The van der Waals surface area contributed by atoms with Crippen LogP contribution in [0, 0.1) is 25.7 Å². The number of carbonyl (C=O) groups excluding carboxylic acids is 2. The Bertz CT molecular complexity index is 455. The van der Waals surface area contributed by atoms with Crippen molar-refractivity contribution in [3.8, 4) is 0 Å². The highest BCUT2D eigenvalue weighted by Gasteiger charge is 2.27. The van der Waals surface area contributed by atoms with Crippen LogP contribution in [0.5, 0.6) is 0 Å². The molecule has 0 saturated carbocycles. The minimum absolute atomic E-state index is 0.00819. The predicted molar refractivity (Wildman–Crippen MR) is 72.1 cm³/mol. The molecule has 0 aromatic carbocycles. The summed E-state index contributed by atoms with van der Waals surface area (Å²) in [7, 11) is 0. The van der Waals surface area contributed by atoms with Crippen molar-refractivity contribution in [2.24, 2.45) is 11.8 Å². The van der Waals surface area contributed by atoms with Gasteiger partial charge < -0.3 is 0 Å². The summed E-state index contributed by atoms with van der Waals surface area (Å²) in [5.41, 5.74) is 1.28. The maximum absolute atomic E-state index is 12.4. The Balaban J connectivity index is 3.31. The molecule has 94 valence electrons. The molecule has 0 fully saturated rings. The topological polar surface area (TPSA) is 34.1 Å². The van der Waals surface area contributed by atoms with Crippen molar-refractivity contribution in [3.05, 3.63) is 20.9 Å². The van der Waals surface area contributed by atoms with Gasteiger partial charge in [0, 0.05) is 26.8 Å². The first kappa shape index (κ1) is 14.1. The summed E-state index contributed by atoms with van der Waals surface area (Å²) in [6.45, 7) is 11.4. The molecule has 0 spiro atoms. The lowest BCUT2D eigenvalue weighted by molar-refractivity contribution is 0.0890. The van der Waals surface area contributed by atoms with Gasteiger partial charge in [-0.15, -0.1) is 11.3 Å². The molecule has 0 saturated heterocycles. The van der Waals surface area contributed by atoms with Crippen LogP contribution in [0.25, 0.3) is 0 Å². The summed E-state index contributed by atoms with van der Waals surface area (Å²) in [5.74, 6) is 0.348. The zero-order valence-corrected chi connectivity index (χ0v) is 12.2. The van der Waals surface area contributed by atoms with Gasteiger partial charge in [0.1, 0.15) is 0 Å². The summed E-state index contributed by atoms with van der Waals surface area (Å²) in [6.07, 6.45) is 0. The monoisotopic (exact) mass is 252 g/mol. The second kappa shape index (κ2) is 5.13. The highest BCUT2D eigenvalue weighted by atomic mass is 32.1. The van der Waals surface area contributed by atoms with Gasteiger partial charge in [-0.1, -0.05) is 20.8 Å². The van der Waals surface area contributed by atoms with E-state index in [4.69, 9.17) is 0 Å². The number of thiophene rings is 1. The van der Waals surface area contributed by atoms with Crippen molar-refractivity contribution in [1.82, 2.24) is 0 Å². The molecule has 1 heterocycles. The first-order valence-corrected chi connectivity index (χ1v) is 6.74. The van der Waals surface area contributed by atoms with Crippen LogP contribution in [-0.2, 0) is 0 Å². The van der Waals surface area contributed by atoms with Crippen LogP contribution in [0.3, 0.4) is 0 Å². The van der Waals surface area contributed by atoms with E-state index in [1.165, 1.54) is 18.3 Å². The van der Waals surface area contributed by atoms with Crippen LogP contribution in [0.2, 0.25) is 0 Å². The van der Waals surface area contributed by atoms with Crippen LogP contribution in [0.1, 0.15) is 58.2 Å². The molecule has 0 radical (unpaired) electrons. The minimum atomic E-state index is -0.0409. The number of Topliss-reactive ketones (excluding diaryl/α,β-unsaturated/α-hetero) is 2. The van der Waals surface area contributed by atoms with Gasteiger partial charge in [-0.2, -0.15) is 0 Å². The van der Waals surface area contributed by atoms with Gasteiger partial charge in [-0.05, 0) is 26.7 Å². The van der Waals surface area contributed by atoms with Crippen molar-refractivity contribution in [2.45, 2.75) is 41.5 Å². The van der Waals surface area contributed by atoms with E-state index in [0.29, 0.717) is 17.0 Å². The summed E-state index contributed by atoms with van der Waals surface area (Å²) >= 11 is 1.54. The van der Waals surface area contributed by atoms with Crippen molar-refractivity contribution in [2.75, 3.05) is 0 Å². The van der Waals surface area contributed by atoms with Gasteiger partial charge in [0.2, 0.25) is 0 Å². The Morgan fingerprint density at radius 1 is 1.00 bits per heavy atom. The molecule has 17 heavy (non-hydrogen) atoms. The van der Waals surface area contributed by atoms with Crippen LogP contribution in [0.15, 0.2) is 0 Å². The van der Waals surface area contributed by atoms with E-state index in [1.807, 2.05) is 34.6 Å². The molecule has 1 aromatic rings. The van der Waals surface area contributed by atoms with Gasteiger partial charge in [0.25, 0.3) is 0 Å². The Morgan fingerprint density at radius 2 is 1.47 bits per heavy atom. The molecule has 1 aromatic heterocycles. The van der Waals surface area contributed by atoms with Gasteiger partial charge in [0.15, 0.2) is 11.6 Å². The summed E-state index contributed by atoms with van der Waals surface area (Å²) < 4.78 is 0. The van der Waals surface area contributed by atoms with Gasteiger partial charge in [-0.3, -0.25) is 9.59 Å². The standard InChI is InChI=1S/C14H20O2S/c1-7(2)8(3)14(16)13-11(6)17-10(5)12(13)9(4)15/h7-8H,1-6H3. The van der Waals surface area contributed by atoms with Crippen molar-refractivity contribution < 1.29 is 9.59 Å². The predicted octanol–water partition coefficient (Wildman–Crippen LogP) is 4.04. The number of ketones is 2. The molecule has 0 aliphatic rings. The number of carbonyl (C=O) groups is 2. The highest BCUT2D eigenvalue weighted by molar-refractivity contribution is 7.12. The van der Waals surface area contributed by atoms with Gasteiger partial charge in [-0.25, -0.2) is 0 Å². The summed E-state index contributed by atoms with van der Waals surface area (Å²) in [6, 6.07) is 0. The van der Waals surface area contributed by atoms with Crippen molar-refractivity contribution >= 4 is 22.9 Å². The van der Waals surface area contributed by atoms with E-state index in [9.17, 15) is 9.59 Å². The lowest BCUT2D eigenvalue weighted by Crippen LogP contribution is -2.19. The second-order valence-corrected chi connectivity index (χ2v) is 6.35.